The lowest BCUT2D eigenvalue weighted by atomic mass is 9.99. The zero-order chi connectivity index (χ0) is 11.6. The predicted octanol–water partition coefficient (Wildman–Crippen LogP) is 1.86. The summed E-state index contributed by atoms with van der Waals surface area (Å²) in [5.74, 6) is 0.342. The molecule has 3 nitrogen and oxygen atoms in total. The summed E-state index contributed by atoms with van der Waals surface area (Å²) in [6.45, 7) is 8.33. The van der Waals surface area contributed by atoms with E-state index in [9.17, 15) is 9.59 Å². The molecule has 1 heterocycles. The Balaban J connectivity index is 2.73. The van der Waals surface area contributed by atoms with Crippen molar-refractivity contribution in [2.75, 3.05) is 6.54 Å². The van der Waals surface area contributed by atoms with Crippen LogP contribution in [-0.4, -0.2) is 29.2 Å². The largest absolute Gasteiger partial charge is 0.332 e. The smallest absolute Gasteiger partial charge is 0.225 e. The lowest BCUT2D eigenvalue weighted by Crippen LogP contribution is -2.43. The van der Waals surface area contributed by atoms with Gasteiger partial charge in [0.15, 0.2) is 5.78 Å². The fourth-order valence-electron chi connectivity index (χ4n) is 2.04. The molecule has 0 radical (unpaired) electrons. The second kappa shape index (κ2) is 4.77. The standard InChI is InChI=1S/C12H21NO2/c1-8(2)11(14)10-6-5-7-13(10)12(15)9(3)4/h8-10H,5-7H2,1-4H3/t10-/m1/s1. The van der Waals surface area contributed by atoms with Crippen LogP contribution in [0.2, 0.25) is 0 Å². The first kappa shape index (κ1) is 12.2. The second-order valence-electron chi connectivity index (χ2n) is 4.90. The van der Waals surface area contributed by atoms with Gasteiger partial charge in [0.1, 0.15) is 0 Å². The molecule has 0 spiro atoms. The highest BCUT2D eigenvalue weighted by Gasteiger charge is 2.35. The number of hydrogen-bond donors (Lipinski definition) is 0. The lowest BCUT2D eigenvalue weighted by molar-refractivity contribution is -0.141. The summed E-state index contributed by atoms with van der Waals surface area (Å²) < 4.78 is 0. The van der Waals surface area contributed by atoms with Crippen LogP contribution < -0.4 is 0 Å². The van der Waals surface area contributed by atoms with Crippen LogP contribution in [0.4, 0.5) is 0 Å². The molecule has 0 saturated carbocycles. The topological polar surface area (TPSA) is 37.4 Å². The molecule has 86 valence electrons. The molecule has 15 heavy (non-hydrogen) atoms. The van der Waals surface area contributed by atoms with Crippen LogP contribution in [0.3, 0.4) is 0 Å². The minimum atomic E-state index is -0.153. The monoisotopic (exact) mass is 211 g/mol. The third-order valence-corrected chi connectivity index (χ3v) is 2.93. The van der Waals surface area contributed by atoms with Gasteiger partial charge < -0.3 is 4.90 Å². The minimum absolute atomic E-state index is 0.00874. The van der Waals surface area contributed by atoms with E-state index in [0.29, 0.717) is 0 Å². The maximum absolute atomic E-state index is 11.9. The zero-order valence-electron chi connectivity index (χ0n) is 10.1. The second-order valence-corrected chi connectivity index (χ2v) is 4.90. The van der Waals surface area contributed by atoms with Crippen molar-refractivity contribution in [1.82, 2.24) is 4.90 Å². The van der Waals surface area contributed by atoms with E-state index in [2.05, 4.69) is 0 Å². The summed E-state index contributed by atoms with van der Waals surface area (Å²) in [4.78, 5) is 25.5. The molecule has 0 unspecified atom stereocenters. The van der Waals surface area contributed by atoms with Gasteiger partial charge in [-0.05, 0) is 12.8 Å². The van der Waals surface area contributed by atoms with Crippen LogP contribution >= 0.6 is 0 Å². The Bertz CT molecular complexity index is 232. The van der Waals surface area contributed by atoms with Gasteiger partial charge in [-0.15, -0.1) is 0 Å². The summed E-state index contributed by atoms with van der Waals surface area (Å²) in [6, 6.07) is -0.153. The Morgan fingerprint density at radius 2 is 1.73 bits per heavy atom. The van der Waals surface area contributed by atoms with Crippen molar-refractivity contribution in [2.45, 2.75) is 46.6 Å². The molecule has 1 amide bonds. The van der Waals surface area contributed by atoms with Crippen LogP contribution in [0.5, 0.6) is 0 Å². The summed E-state index contributed by atoms with van der Waals surface area (Å²) >= 11 is 0. The van der Waals surface area contributed by atoms with Gasteiger partial charge >= 0.3 is 0 Å². The first-order valence-electron chi connectivity index (χ1n) is 5.79. The molecular formula is C12H21NO2. The molecule has 3 heteroatoms. The minimum Gasteiger partial charge on any atom is -0.332 e. The van der Waals surface area contributed by atoms with E-state index in [0.717, 1.165) is 19.4 Å². The third kappa shape index (κ3) is 2.58. The summed E-state index contributed by atoms with van der Waals surface area (Å²) in [7, 11) is 0. The molecule has 1 aliphatic heterocycles. The lowest BCUT2D eigenvalue weighted by Gasteiger charge is -2.26. The number of carbonyl (C=O) groups excluding carboxylic acids is 2. The van der Waals surface area contributed by atoms with Crippen molar-refractivity contribution in [2.24, 2.45) is 11.8 Å². The molecule has 1 atom stereocenters. The van der Waals surface area contributed by atoms with Gasteiger partial charge in [0.25, 0.3) is 0 Å². The number of ketones is 1. The Labute approximate surface area is 91.8 Å². The highest BCUT2D eigenvalue weighted by Crippen LogP contribution is 2.22. The number of rotatable bonds is 3. The first-order valence-corrected chi connectivity index (χ1v) is 5.79. The van der Waals surface area contributed by atoms with Crippen molar-refractivity contribution in [3.63, 3.8) is 0 Å². The van der Waals surface area contributed by atoms with Crippen molar-refractivity contribution >= 4 is 11.7 Å². The average Bonchev–Trinajstić information content (AvgIpc) is 2.63. The number of nitrogens with zero attached hydrogens (tertiary/aromatic N) is 1. The Morgan fingerprint density at radius 3 is 2.20 bits per heavy atom. The van der Waals surface area contributed by atoms with Crippen molar-refractivity contribution in [3.05, 3.63) is 0 Å². The van der Waals surface area contributed by atoms with Crippen LogP contribution in [0.15, 0.2) is 0 Å². The van der Waals surface area contributed by atoms with Gasteiger partial charge in [-0.25, -0.2) is 0 Å². The van der Waals surface area contributed by atoms with E-state index in [4.69, 9.17) is 0 Å². The van der Waals surface area contributed by atoms with Gasteiger partial charge in [0.2, 0.25) is 5.91 Å². The van der Waals surface area contributed by atoms with Gasteiger partial charge in [-0.1, -0.05) is 27.7 Å². The molecular weight excluding hydrogens is 190 g/mol. The van der Waals surface area contributed by atoms with Gasteiger partial charge in [0.05, 0.1) is 6.04 Å². The van der Waals surface area contributed by atoms with E-state index >= 15 is 0 Å². The highest BCUT2D eigenvalue weighted by molar-refractivity contribution is 5.91. The maximum atomic E-state index is 11.9. The average molecular weight is 211 g/mol. The summed E-state index contributed by atoms with van der Waals surface area (Å²) in [5, 5.41) is 0. The summed E-state index contributed by atoms with van der Waals surface area (Å²) in [6.07, 6.45) is 1.80. The fraction of sp³-hybridized carbons (Fsp3) is 0.833. The van der Waals surface area contributed by atoms with E-state index in [1.165, 1.54) is 0 Å². The molecule has 0 bridgehead atoms. The number of amides is 1. The normalized spacial score (nSPS) is 21.5. The highest BCUT2D eigenvalue weighted by atomic mass is 16.2. The Morgan fingerprint density at radius 1 is 1.13 bits per heavy atom. The van der Waals surface area contributed by atoms with Crippen LogP contribution in [0.25, 0.3) is 0 Å². The van der Waals surface area contributed by atoms with Crippen LogP contribution in [0, 0.1) is 11.8 Å². The number of likely N-dealkylation sites (tertiary alicyclic amines) is 1. The van der Waals surface area contributed by atoms with Gasteiger partial charge in [-0.2, -0.15) is 0 Å². The number of carbonyl (C=O) groups is 2. The number of Topliss-reactive ketones (excluding diaryl/α,β-unsaturated/α-hetero) is 1. The molecule has 0 aromatic rings. The Kier molecular flexibility index (Phi) is 3.89. The molecule has 1 fully saturated rings. The zero-order valence-corrected chi connectivity index (χ0v) is 10.1. The van der Waals surface area contributed by atoms with Crippen molar-refractivity contribution in [1.29, 1.82) is 0 Å². The van der Waals surface area contributed by atoms with Crippen LogP contribution in [0.1, 0.15) is 40.5 Å². The van der Waals surface area contributed by atoms with Gasteiger partial charge in [-0.3, -0.25) is 9.59 Å². The third-order valence-electron chi connectivity index (χ3n) is 2.93. The molecule has 0 aromatic heterocycles. The van der Waals surface area contributed by atoms with Gasteiger partial charge in [0, 0.05) is 18.4 Å². The van der Waals surface area contributed by atoms with E-state index in [1.54, 1.807) is 4.90 Å². The number of hydrogen-bond acceptors (Lipinski definition) is 2. The van der Waals surface area contributed by atoms with Crippen molar-refractivity contribution in [3.8, 4) is 0 Å². The van der Waals surface area contributed by atoms with E-state index in [-0.39, 0.29) is 29.6 Å². The SMILES string of the molecule is CC(C)C(=O)[C@H]1CCCN1C(=O)C(C)C. The fourth-order valence-corrected chi connectivity index (χ4v) is 2.04. The molecule has 0 N–H and O–H groups in total. The van der Waals surface area contributed by atoms with Crippen molar-refractivity contribution < 1.29 is 9.59 Å². The molecule has 0 aromatic carbocycles. The molecule has 1 saturated heterocycles. The first-order chi connectivity index (χ1) is 6.95. The molecule has 1 aliphatic rings. The van der Waals surface area contributed by atoms with Crippen LogP contribution in [-0.2, 0) is 9.59 Å². The van der Waals surface area contributed by atoms with E-state index < -0.39 is 0 Å². The molecule has 0 aliphatic carbocycles. The maximum Gasteiger partial charge on any atom is 0.225 e. The van der Waals surface area contributed by atoms with E-state index in [1.807, 2.05) is 27.7 Å². The Hall–Kier alpha value is -0.860. The predicted molar refractivity (Wildman–Crippen MR) is 59.4 cm³/mol. The quantitative estimate of drug-likeness (QED) is 0.714. The summed E-state index contributed by atoms with van der Waals surface area (Å²) in [5.41, 5.74) is 0. The molecule has 1 rings (SSSR count).